The van der Waals surface area contributed by atoms with Gasteiger partial charge in [0.1, 0.15) is 11.9 Å². The average Bonchev–Trinajstić information content (AvgIpc) is 2.41. The van der Waals surface area contributed by atoms with Crippen LogP contribution in [-0.4, -0.2) is 10.9 Å². The Morgan fingerprint density at radius 3 is 2.68 bits per heavy atom. The summed E-state index contributed by atoms with van der Waals surface area (Å²) in [6, 6.07) is 12.8. The lowest BCUT2D eigenvalue weighted by Crippen LogP contribution is -2.07. The third kappa shape index (κ3) is 3.30. The Morgan fingerprint density at radius 1 is 1.26 bits per heavy atom. The minimum Gasteiger partial charge on any atom is -0.353 e. The summed E-state index contributed by atoms with van der Waals surface area (Å²) in [5.74, 6) is 0.328. The second-order valence-electron chi connectivity index (χ2n) is 3.90. The van der Waals surface area contributed by atoms with E-state index in [1.54, 1.807) is 24.4 Å². The van der Waals surface area contributed by atoms with Crippen molar-refractivity contribution in [2.45, 2.75) is 6.92 Å². The zero-order chi connectivity index (χ0) is 13.7. The van der Waals surface area contributed by atoms with Gasteiger partial charge in [-0.05, 0) is 24.3 Å². The Bertz CT molecular complexity index is 629. The lowest BCUT2D eigenvalue weighted by molar-refractivity contribution is -0.114. The molecule has 1 aromatic carbocycles. The van der Waals surface area contributed by atoms with Gasteiger partial charge in [0.05, 0.1) is 23.1 Å². The van der Waals surface area contributed by atoms with E-state index in [9.17, 15) is 4.79 Å². The number of nitriles is 1. The van der Waals surface area contributed by atoms with Gasteiger partial charge in [0, 0.05) is 6.92 Å². The molecule has 2 N–H and O–H groups in total. The van der Waals surface area contributed by atoms with Crippen molar-refractivity contribution in [1.29, 1.82) is 5.26 Å². The molecule has 2 rings (SSSR count). The monoisotopic (exact) mass is 252 g/mol. The van der Waals surface area contributed by atoms with Gasteiger partial charge in [-0.2, -0.15) is 5.26 Å². The number of aromatic nitrogens is 1. The van der Waals surface area contributed by atoms with Crippen molar-refractivity contribution in [2.24, 2.45) is 0 Å². The van der Waals surface area contributed by atoms with Crippen LogP contribution in [0.1, 0.15) is 12.5 Å². The predicted octanol–water partition coefficient (Wildman–Crippen LogP) is 2.66. The molecule has 0 fully saturated rings. The maximum Gasteiger partial charge on any atom is 0.222 e. The number of hydrogen-bond donors (Lipinski definition) is 2. The molecule has 1 aromatic heterocycles. The third-order valence-corrected chi connectivity index (χ3v) is 2.39. The SMILES string of the molecule is CC(=O)Nc1ccc(Nc2ccccc2C#N)cn1. The standard InChI is InChI=1S/C14H12N4O/c1-10(19)17-14-7-6-12(9-16-14)18-13-5-3-2-4-11(13)8-15/h2-7,9,18H,1H3,(H,16,17,19). The summed E-state index contributed by atoms with van der Waals surface area (Å²) in [6.07, 6.45) is 1.60. The molecule has 0 atom stereocenters. The summed E-state index contributed by atoms with van der Waals surface area (Å²) in [5.41, 5.74) is 2.03. The van der Waals surface area contributed by atoms with Crippen LogP contribution >= 0.6 is 0 Å². The molecule has 1 amide bonds. The molecular formula is C14H12N4O. The second-order valence-corrected chi connectivity index (χ2v) is 3.90. The van der Waals surface area contributed by atoms with E-state index in [2.05, 4.69) is 21.7 Å². The number of carbonyl (C=O) groups is 1. The van der Waals surface area contributed by atoms with Crippen molar-refractivity contribution in [2.75, 3.05) is 10.6 Å². The van der Waals surface area contributed by atoms with Crippen LogP contribution in [0.4, 0.5) is 17.2 Å². The highest BCUT2D eigenvalue weighted by Crippen LogP contribution is 2.20. The van der Waals surface area contributed by atoms with Gasteiger partial charge in [-0.1, -0.05) is 12.1 Å². The van der Waals surface area contributed by atoms with Crippen molar-refractivity contribution in [3.63, 3.8) is 0 Å². The minimum absolute atomic E-state index is 0.164. The summed E-state index contributed by atoms with van der Waals surface area (Å²) in [5, 5.41) is 14.7. The van der Waals surface area contributed by atoms with Crippen LogP contribution in [0, 0.1) is 11.3 Å². The highest BCUT2D eigenvalue weighted by atomic mass is 16.1. The summed E-state index contributed by atoms with van der Waals surface area (Å²) in [4.78, 5) is 15.0. The minimum atomic E-state index is -0.164. The third-order valence-electron chi connectivity index (χ3n) is 2.39. The molecule has 0 aliphatic carbocycles. The van der Waals surface area contributed by atoms with Gasteiger partial charge in [0.25, 0.3) is 0 Å². The lowest BCUT2D eigenvalue weighted by Gasteiger charge is -2.08. The molecule has 0 saturated heterocycles. The summed E-state index contributed by atoms with van der Waals surface area (Å²) < 4.78 is 0. The van der Waals surface area contributed by atoms with Crippen LogP contribution in [0.5, 0.6) is 0 Å². The topological polar surface area (TPSA) is 77.8 Å². The molecule has 94 valence electrons. The molecule has 0 saturated carbocycles. The second kappa shape index (κ2) is 5.65. The average molecular weight is 252 g/mol. The number of amides is 1. The first-order valence-corrected chi connectivity index (χ1v) is 5.69. The van der Waals surface area contributed by atoms with E-state index in [0.29, 0.717) is 11.4 Å². The van der Waals surface area contributed by atoms with Gasteiger partial charge in [-0.3, -0.25) is 4.79 Å². The number of carbonyl (C=O) groups excluding carboxylic acids is 1. The Kier molecular flexibility index (Phi) is 3.74. The number of benzene rings is 1. The lowest BCUT2D eigenvalue weighted by atomic mass is 10.2. The zero-order valence-electron chi connectivity index (χ0n) is 10.3. The van der Waals surface area contributed by atoms with E-state index in [0.717, 1.165) is 11.4 Å². The summed E-state index contributed by atoms with van der Waals surface area (Å²) >= 11 is 0. The Balaban J connectivity index is 2.16. The molecule has 0 unspecified atom stereocenters. The number of hydrogen-bond acceptors (Lipinski definition) is 4. The molecule has 0 aliphatic heterocycles. The van der Waals surface area contributed by atoms with E-state index in [4.69, 9.17) is 5.26 Å². The number of para-hydroxylation sites is 1. The predicted molar refractivity (Wildman–Crippen MR) is 73.0 cm³/mol. The van der Waals surface area contributed by atoms with Crippen molar-refractivity contribution in [1.82, 2.24) is 4.98 Å². The molecule has 0 aliphatic rings. The largest absolute Gasteiger partial charge is 0.353 e. The quantitative estimate of drug-likeness (QED) is 0.880. The van der Waals surface area contributed by atoms with Gasteiger partial charge >= 0.3 is 0 Å². The molecule has 5 nitrogen and oxygen atoms in total. The fourth-order valence-electron chi connectivity index (χ4n) is 1.57. The van der Waals surface area contributed by atoms with Crippen LogP contribution < -0.4 is 10.6 Å². The summed E-state index contributed by atoms with van der Waals surface area (Å²) in [7, 11) is 0. The van der Waals surface area contributed by atoms with E-state index < -0.39 is 0 Å². The Hall–Kier alpha value is -2.87. The number of rotatable bonds is 3. The maximum atomic E-state index is 10.9. The Morgan fingerprint density at radius 2 is 2.05 bits per heavy atom. The number of nitrogens with zero attached hydrogens (tertiary/aromatic N) is 2. The molecule has 19 heavy (non-hydrogen) atoms. The van der Waals surface area contributed by atoms with Gasteiger partial charge < -0.3 is 10.6 Å². The maximum absolute atomic E-state index is 10.9. The van der Waals surface area contributed by atoms with E-state index in [1.807, 2.05) is 18.2 Å². The van der Waals surface area contributed by atoms with Gasteiger partial charge in [0.15, 0.2) is 0 Å². The number of anilines is 3. The molecule has 5 heteroatoms. The van der Waals surface area contributed by atoms with Crippen LogP contribution in [0.2, 0.25) is 0 Å². The van der Waals surface area contributed by atoms with Crippen molar-refractivity contribution < 1.29 is 4.79 Å². The Labute approximate surface area is 110 Å². The molecular weight excluding hydrogens is 240 g/mol. The van der Waals surface area contributed by atoms with Crippen molar-refractivity contribution >= 4 is 23.1 Å². The number of nitrogens with one attached hydrogen (secondary N) is 2. The molecule has 1 heterocycles. The van der Waals surface area contributed by atoms with Gasteiger partial charge in [0.2, 0.25) is 5.91 Å². The van der Waals surface area contributed by atoms with Crippen LogP contribution in [0.15, 0.2) is 42.6 Å². The normalized spacial score (nSPS) is 9.47. The summed E-state index contributed by atoms with van der Waals surface area (Å²) in [6.45, 7) is 1.43. The van der Waals surface area contributed by atoms with E-state index in [-0.39, 0.29) is 5.91 Å². The van der Waals surface area contributed by atoms with Crippen LogP contribution in [0.3, 0.4) is 0 Å². The first kappa shape index (κ1) is 12.6. The van der Waals surface area contributed by atoms with Crippen molar-refractivity contribution in [3.8, 4) is 6.07 Å². The molecule has 2 aromatic rings. The fourth-order valence-corrected chi connectivity index (χ4v) is 1.57. The molecule has 0 spiro atoms. The van der Waals surface area contributed by atoms with Crippen molar-refractivity contribution in [3.05, 3.63) is 48.2 Å². The fraction of sp³-hybridized carbons (Fsp3) is 0.0714. The number of pyridine rings is 1. The first-order chi connectivity index (χ1) is 9.19. The van der Waals surface area contributed by atoms with E-state index in [1.165, 1.54) is 6.92 Å². The van der Waals surface area contributed by atoms with Gasteiger partial charge in [-0.25, -0.2) is 4.98 Å². The van der Waals surface area contributed by atoms with E-state index >= 15 is 0 Å². The van der Waals surface area contributed by atoms with Crippen LogP contribution in [-0.2, 0) is 4.79 Å². The van der Waals surface area contributed by atoms with Crippen LogP contribution in [0.25, 0.3) is 0 Å². The highest BCUT2D eigenvalue weighted by Gasteiger charge is 2.02. The molecule has 0 radical (unpaired) electrons. The first-order valence-electron chi connectivity index (χ1n) is 5.69. The smallest absolute Gasteiger partial charge is 0.222 e. The zero-order valence-corrected chi connectivity index (χ0v) is 10.3. The molecule has 0 bridgehead atoms. The van der Waals surface area contributed by atoms with Gasteiger partial charge in [-0.15, -0.1) is 0 Å². The highest BCUT2D eigenvalue weighted by molar-refractivity contribution is 5.87.